The molecule has 0 saturated carbocycles. The Hall–Kier alpha value is -1.89. The van der Waals surface area contributed by atoms with Crippen LogP contribution in [-0.4, -0.2) is 15.9 Å². The van der Waals surface area contributed by atoms with Crippen LogP contribution in [0.4, 0.5) is 0 Å². The lowest BCUT2D eigenvalue weighted by atomic mass is 10.2. The van der Waals surface area contributed by atoms with Gasteiger partial charge in [0.05, 0.1) is 0 Å². The average Bonchev–Trinajstić information content (AvgIpc) is 2.09. The summed E-state index contributed by atoms with van der Waals surface area (Å²) in [7, 11) is 0. The molecule has 0 radical (unpaired) electrons. The molecule has 1 aromatic rings. The fourth-order valence-corrected chi connectivity index (χ4v) is 0.634. The molecule has 0 bridgehead atoms. The Balaban J connectivity index is 3.05. The van der Waals surface area contributed by atoms with Crippen LogP contribution in [0.2, 0.25) is 0 Å². The minimum absolute atomic E-state index is 0.0781. The summed E-state index contributed by atoms with van der Waals surface area (Å²) in [6.07, 6.45) is 1.53. The molecule has 0 aliphatic rings. The lowest BCUT2D eigenvalue weighted by Gasteiger charge is -1.90. The zero-order valence-corrected chi connectivity index (χ0v) is 5.60. The molecule has 0 atom stereocenters. The smallest absolute Gasteiger partial charge is 0.205 e. The van der Waals surface area contributed by atoms with E-state index in [4.69, 9.17) is 10.5 Å². The molecule has 4 heteroatoms. The lowest BCUT2D eigenvalue weighted by molar-refractivity contribution is 0.320. The van der Waals surface area contributed by atoms with Crippen molar-refractivity contribution >= 4 is 5.71 Å². The molecule has 0 fully saturated rings. The highest BCUT2D eigenvalue weighted by molar-refractivity contribution is 6.09. The summed E-state index contributed by atoms with van der Waals surface area (Å²) in [6.45, 7) is 0. The number of hydrogen-bond acceptors (Lipinski definition) is 4. The summed E-state index contributed by atoms with van der Waals surface area (Å²) in [6, 6.07) is 6.73. The van der Waals surface area contributed by atoms with Crippen molar-refractivity contribution < 1.29 is 5.21 Å². The summed E-state index contributed by atoms with van der Waals surface area (Å²) < 4.78 is 0. The largest absolute Gasteiger partial charge is 0.410 e. The van der Waals surface area contributed by atoms with Crippen molar-refractivity contribution in [3.8, 4) is 6.07 Å². The van der Waals surface area contributed by atoms with E-state index in [1.807, 2.05) is 0 Å². The molecule has 0 amide bonds. The Morgan fingerprint density at radius 2 is 2.45 bits per heavy atom. The SMILES string of the molecule is N#C/C(=N/O)c1ccccn1. The highest BCUT2D eigenvalue weighted by Gasteiger charge is 2.01. The predicted octanol–water partition coefficient (Wildman–Crippen LogP) is 0.783. The van der Waals surface area contributed by atoms with Crippen LogP contribution < -0.4 is 0 Å². The molecule has 1 N–H and O–H groups in total. The van der Waals surface area contributed by atoms with Gasteiger partial charge in [-0.25, -0.2) is 0 Å². The van der Waals surface area contributed by atoms with Crippen molar-refractivity contribution in [2.45, 2.75) is 0 Å². The van der Waals surface area contributed by atoms with E-state index < -0.39 is 0 Å². The van der Waals surface area contributed by atoms with E-state index in [2.05, 4.69) is 10.1 Å². The number of pyridine rings is 1. The number of hydrogen-bond donors (Lipinski definition) is 1. The van der Waals surface area contributed by atoms with Gasteiger partial charge in [0.1, 0.15) is 11.8 Å². The molecule has 0 aliphatic heterocycles. The van der Waals surface area contributed by atoms with Crippen molar-refractivity contribution in [3.63, 3.8) is 0 Å². The highest BCUT2D eigenvalue weighted by atomic mass is 16.4. The molecule has 0 unspecified atom stereocenters. The van der Waals surface area contributed by atoms with Gasteiger partial charge in [0.25, 0.3) is 0 Å². The van der Waals surface area contributed by atoms with Crippen LogP contribution in [0.15, 0.2) is 29.6 Å². The first-order chi connectivity index (χ1) is 5.38. The normalized spacial score (nSPS) is 10.6. The third-order valence-corrected chi connectivity index (χ3v) is 1.11. The molecule has 1 rings (SSSR count). The predicted molar refractivity (Wildman–Crippen MR) is 38.2 cm³/mol. The summed E-state index contributed by atoms with van der Waals surface area (Å²) >= 11 is 0. The lowest BCUT2D eigenvalue weighted by Crippen LogP contribution is -1.98. The number of nitriles is 1. The zero-order chi connectivity index (χ0) is 8.10. The zero-order valence-electron chi connectivity index (χ0n) is 5.60. The summed E-state index contributed by atoms with van der Waals surface area (Å²) in [5.74, 6) is 0. The fourth-order valence-electron chi connectivity index (χ4n) is 0.634. The second-order valence-corrected chi connectivity index (χ2v) is 1.78. The van der Waals surface area contributed by atoms with Gasteiger partial charge in [-0.2, -0.15) is 5.26 Å². The molecule has 11 heavy (non-hydrogen) atoms. The van der Waals surface area contributed by atoms with Gasteiger partial charge in [0.15, 0.2) is 0 Å². The summed E-state index contributed by atoms with van der Waals surface area (Å²) in [4.78, 5) is 3.81. The van der Waals surface area contributed by atoms with Gasteiger partial charge in [0, 0.05) is 6.20 Å². The van der Waals surface area contributed by atoms with Crippen molar-refractivity contribution in [2.75, 3.05) is 0 Å². The van der Waals surface area contributed by atoms with Crippen LogP contribution in [0.25, 0.3) is 0 Å². The Labute approximate surface area is 63.4 Å². The van der Waals surface area contributed by atoms with Crippen LogP contribution in [0, 0.1) is 11.3 Å². The molecule has 1 heterocycles. The van der Waals surface area contributed by atoms with Gasteiger partial charge in [-0.15, -0.1) is 0 Å². The average molecular weight is 147 g/mol. The molecular formula is C7H5N3O. The van der Waals surface area contributed by atoms with Gasteiger partial charge in [-0.1, -0.05) is 11.2 Å². The first kappa shape index (κ1) is 7.22. The summed E-state index contributed by atoms with van der Waals surface area (Å²) in [5.41, 5.74) is 0.295. The number of rotatable bonds is 1. The maximum atomic E-state index is 8.40. The van der Waals surface area contributed by atoms with Crippen molar-refractivity contribution in [2.24, 2.45) is 5.16 Å². The van der Waals surface area contributed by atoms with Crippen LogP contribution in [-0.2, 0) is 0 Å². The third-order valence-electron chi connectivity index (χ3n) is 1.11. The summed E-state index contributed by atoms with van der Waals surface area (Å²) in [5, 5.41) is 19.5. The van der Waals surface area contributed by atoms with Crippen LogP contribution >= 0.6 is 0 Å². The Kier molecular flexibility index (Phi) is 2.18. The van der Waals surface area contributed by atoms with E-state index in [1.165, 1.54) is 6.20 Å². The maximum Gasteiger partial charge on any atom is 0.205 e. The van der Waals surface area contributed by atoms with E-state index in [0.29, 0.717) is 5.69 Å². The standard InChI is InChI=1S/C7H5N3O/c8-5-7(10-11)6-3-1-2-4-9-6/h1-4,11H/b10-7-. The minimum atomic E-state index is -0.0781. The molecule has 54 valence electrons. The van der Waals surface area contributed by atoms with Gasteiger partial charge in [0.2, 0.25) is 5.71 Å². The highest BCUT2D eigenvalue weighted by Crippen LogP contribution is 1.94. The van der Waals surface area contributed by atoms with E-state index in [0.717, 1.165) is 0 Å². The van der Waals surface area contributed by atoms with Crippen LogP contribution in [0.3, 0.4) is 0 Å². The topological polar surface area (TPSA) is 69.3 Å². The van der Waals surface area contributed by atoms with E-state index in [9.17, 15) is 0 Å². The first-order valence-electron chi connectivity index (χ1n) is 2.92. The van der Waals surface area contributed by atoms with E-state index in [1.54, 1.807) is 24.3 Å². The van der Waals surface area contributed by atoms with Crippen LogP contribution in [0.1, 0.15) is 5.69 Å². The second-order valence-electron chi connectivity index (χ2n) is 1.78. The van der Waals surface area contributed by atoms with Gasteiger partial charge >= 0.3 is 0 Å². The number of oxime groups is 1. The molecule has 0 spiro atoms. The second kappa shape index (κ2) is 3.32. The first-order valence-corrected chi connectivity index (χ1v) is 2.92. The van der Waals surface area contributed by atoms with E-state index >= 15 is 0 Å². The van der Waals surface area contributed by atoms with Gasteiger partial charge < -0.3 is 5.21 Å². The van der Waals surface area contributed by atoms with Crippen molar-refractivity contribution in [1.29, 1.82) is 5.26 Å². The van der Waals surface area contributed by atoms with E-state index in [-0.39, 0.29) is 5.71 Å². The van der Waals surface area contributed by atoms with Crippen molar-refractivity contribution in [1.82, 2.24) is 4.98 Å². The molecule has 0 aromatic carbocycles. The monoisotopic (exact) mass is 147 g/mol. The fraction of sp³-hybridized carbons (Fsp3) is 0. The quantitative estimate of drug-likeness (QED) is 0.362. The minimum Gasteiger partial charge on any atom is -0.410 e. The van der Waals surface area contributed by atoms with Gasteiger partial charge in [-0.3, -0.25) is 4.98 Å². The van der Waals surface area contributed by atoms with Crippen molar-refractivity contribution in [3.05, 3.63) is 30.1 Å². The molecular weight excluding hydrogens is 142 g/mol. The maximum absolute atomic E-state index is 8.40. The molecule has 0 saturated heterocycles. The van der Waals surface area contributed by atoms with Gasteiger partial charge in [-0.05, 0) is 12.1 Å². The molecule has 1 aromatic heterocycles. The Bertz CT molecular complexity index is 299. The Morgan fingerprint density at radius 1 is 1.64 bits per heavy atom. The Morgan fingerprint density at radius 3 is 2.91 bits per heavy atom. The molecule has 4 nitrogen and oxygen atoms in total. The third kappa shape index (κ3) is 1.52. The molecule has 0 aliphatic carbocycles. The number of aromatic nitrogens is 1. The van der Waals surface area contributed by atoms with Crippen LogP contribution in [0.5, 0.6) is 0 Å². The number of nitrogens with zero attached hydrogens (tertiary/aromatic N) is 3.